The summed E-state index contributed by atoms with van der Waals surface area (Å²) < 4.78 is 33.1. The summed E-state index contributed by atoms with van der Waals surface area (Å²) in [5, 5.41) is 7.54. The Balaban J connectivity index is 1.74. The molecular weight excluding hydrogens is 384 g/mol. The Bertz CT molecular complexity index is 813. The van der Waals surface area contributed by atoms with Gasteiger partial charge in [0.05, 0.1) is 4.90 Å². The molecule has 2 heterocycles. The number of aryl methyl sites for hydroxylation is 1. The van der Waals surface area contributed by atoms with Crippen LogP contribution in [0.4, 0.5) is 6.01 Å². The maximum Gasteiger partial charge on any atom is 0.312 e. The summed E-state index contributed by atoms with van der Waals surface area (Å²) in [7, 11) is -3.48. The quantitative estimate of drug-likeness (QED) is 0.847. The molecule has 9 heteroatoms. The van der Waals surface area contributed by atoms with E-state index in [0.717, 1.165) is 10.0 Å². The van der Waals surface area contributed by atoms with Gasteiger partial charge < -0.3 is 10.2 Å². The summed E-state index contributed by atoms with van der Waals surface area (Å²) in [4.78, 5) is 0.318. The molecule has 7 nitrogen and oxygen atoms in total. The molecule has 0 spiro atoms. The molecule has 2 N–H and O–H groups in total. The van der Waals surface area contributed by atoms with Gasteiger partial charge in [-0.3, -0.25) is 0 Å². The van der Waals surface area contributed by atoms with Crippen LogP contribution < -0.4 is 5.73 Å². The first-order valence-electron chi connectivity index (χ1n) is 7.23. The molecule has 1 aromatic carbocycles. The summed E-state index contributed by atoms with van der Waals surface area (Å²) in [5.41, 5.74) is 6.32. The Morgan fingerprint density at radius 2 is 2.00 bits per heavy atom. The molecule has 0 unspecified atom stereocenters. The molecule has 23 heavy (non-hydrogen) atoms. The molecule has 0 atom stereocenters. The van der Waals surface area contributed by atoms with Crippen LogP contribution >= 0.6 is 15.9 Å². The predicted octanol–water partition coefficient (Wildman–Crippen LogP) is 2.29. The second-order valence-corrected chi connectivity index (χ2v) is 8.36. The number of nitrogens with two attached hydrogens (primary N) is 1. The smallest absolute Gasteiger partial charge is 0.312 e. The molecule has 1 saturated heterocycles. The largest absolute Gasteiger partial charge is 0.408 e. The lowest BCUT2D eigenvalue weighted by Gasteiger charge is -2.29. The Morgan fingerprint density at radius 3 is 2.57 bits per heavy atom. The molecule has 1 fully saturated rings. The number of hydrogen-bond donors (Lipinski definition) is 1. The van der Waals surface area contributed by atoms with Gasteiger partial charge in [0, 0.05) is 23.5 Å². The van der Waals surface area contributed by atoms with Gasteiger partial charge in [0.15, 0.2) is 0 Å². The first-order valence-corrected chi connectivity index (χ1v) is 9.46. The number of hydrogen-bond acceptors (Lipinski definition) is 6. The Labute approximate surface area is 143 Å². The van der Waals surface area contributed by atoms with E-state index in [4.69, 9.17) is 10.2 Å². The molecule has 0 saturated carbocycles. The molecule has 0 aliphatic carbocycles. The van der Waals surface area contributed by atoms with E-state index in [0.29, 0.717) is 36.7 Å². The fraction of sp³-hybridized carbons (Fsp3) is 0.429. The average Bonchev–Trinajstić information content (AvgIpc) is 2.96. The van der Waals surface area contributed by atoms with Crippen molar-refractivity contribution in [1.29, 1.82) is 0 Å². The molecule has 0 bridgehead atoms. The average molecular weight is 401 g/mol. The number of rotatable bonds is 3. The maximum absolute atomic E-state index is 12.7. The van der Waals surface area contributed by atoms with Crippen LogP contribution in [0.1, 0.15) is 30.2 Å². The zero-order chi connectivity index (χ0) is 16.6. The lowest BCUT2D eigenvalue weighted by Crippen LogP contribution is -2.38. The minimum absolute atomic E-state index is 0.0420. The van der Waals surface area contributed by atoms with Crippen molar-refractivity contribution in [3.8, 4) is 0 Å². The van der Waals surface area contributed by atoms with E-state index >= 15 is 0 Å². The third-order valence-electron chi connectivity index (χ3n) is 4.03. The number of anilines is 1. The number of benzene rings is 1. The van der Waals surface area contributed by atoms with Crippen molar-refractivity contribution in [3.05, 3.63) is 34.1 Å². The molecule has 124 valence electrons. The van der Waals surface area contributed by atoms with E-state index < -0.39 is 10.0 Å². The maximum atomic E-state index is 12.7. The van der Waals surface area contributed by atoms with E-state index in [2.05, 4.69) is 26.1 Å². The number of sulfonamides is 1. The van der Waals surface area contributed by atoms with Gasteiger partial charge in [0.1, 0.15) is 0 Å². The van der Waals surface area contributed by atoms with Crippen LogP contribution in [0.3, 0.4) is 0 Å². The Morgan fingerprint density at radius 1 is 1.30 bits per heavy atom. The fourth-order valence-corrected chi connectivity index (χ4v) is 4.48. The van der Waals surface area contributed by atoms with Gasteiger partial charge in [-0.1, -0.05) is 21.0 Å². The normalized spacial score (nSPS) is 17.5. The number of nitrogen functional groups attached to an aromatic ring is 1. The van der Waals surface area contributed by atoms with Gasteiger partial charge in [0.2, 0.25) is 15.9 Å². The zero-order valence-electron chi connectivity index (χ0n) is 12.6. The molecule has 2 aromatic rings. The van der Waals surface area contributed by atoms with Gasteiger partial charge in [-0.2, -0.15) is 4.31 Å². The monoisotopic (exact) mass is 400 g/mol. The van der Waals surface area contributed by atoms with Gasteiger partial charge in [-0.25, -0.2) is 8.42 Å². The van der Waals surface area contributed by atoms with Crippen molar-refractivity contribution in [1.82, 2.24) is 14.5 Å². The highest BCUT2D eigenvalue weighted by Crippen LogP contribution is 2.31. The Hall–Kier alpha value is -1.45. The first-order chi connectivity index (χ1) is 10.9. The van der Waals surface area contributed by atoms with Gasteiger partial charge in [-0.15, -0.1) is 5.10 Å². The highest BCUT2D eigenvalue weighted by atomic mass is 79.9. The van der Waals surface area contributed by atoms with Crippen LogP contribution in [0.25, 0.3) is 0 Å². The van der Waals surface area contributed by atoms with Crippen LogP contribution in [0.5, 0.6) is 0 Å². The number of nitrogens with zero attached hydrogens (tertiary/aromatic N) is 3. The van der Waals surface area contributed by atoms with Crippen molar-refractivity contribution in [3.63, 3.8) is 0 Å². The summed E-state index contributed by atoms with van der Waals surface area (Å²) in [5.74, 6) is 0.539. The van der Waals surface area contributed by atoms with Gasteiger partial charge in [-0.05, 0) is 43.5 Å². The lowest BCUT2D eigenvalue weighted by atomic mass is 9.98. The van der Waals surface area contributed by atoms with Crippen molar-refractivity contribution in [2.24, 2.45) is 0 Å². The van der Waals surface area contributed by atoms with Crippen LogP contribution in [0.15, 0.2) is 32.0 Å². The van der Waals surface area contributed by atoms with E-state index in [9.17, 15) is 8.42 Å². The lowest BCUT2D eigenvalue weighted by molar-refractivity contribution is 0.292. The molecule has 3 rings (SSSR count). The fourth-order valence-electron chi connectivity index (χ4n) is 2.68. The minimum Gasteiger partial charge on any atom is -0.408 e. The van der Waals surface area contributed by atoms with Crippen LogP contribution in [-0.4, -0.2) is 36.0 Å². The van der Waals surface area contributed by atoms with Crippen molar-refractivity contribution < 1.29 is 12.8 Å². The third-order valence-corrected chi connectivity index (χ3v) is 6.81. The summed E-state index contributed by atoms with van der Waals surface area (Å²) in [6.07, 6.45) is 1.27. The number of halogens is 1. The summed E-state index contributed by atoms with van der Waals surface area (Å²) in [6.45, 7) is 2.71. The number of aromatic nitrogens is 2. The van der Waals surface area contributed by atoms with E-state index in [-0.39, 0.29) is 11.9 Å². The third kappa shape index (κ3) is 3.26. The molecule has 0 radical (unpaired) electrons. The van der Waals surface area contributed by atoms with Crippen LogP contribution in [0, 0.1) is 6.92 Å². The first kappa shape index (κ1) is 16.4. The summed E-state index contributed by atoms with van der Waals surface area (Å²) in [6, 6.07) is 5.11. The molecule has 1 aromatic heterocycles. The molecule has 1 aliphatic rings. The highest BCUT2D eigenvalue weighted by molar-refractivity contribution is 9.10. The van der Waals surface area contributed by atoms with Crippen LogP contribution in [-0.2, 0) is 10.0 Å². The standard InChI is InChI=1S/C14H17BrN4O3S/c1-9-8-11(2-3-12(9)15)23(20,21)19-6-4-10(5-7-19)13-17-18-14(16)22-13/h2-3,8,10H,4-7H2,1H3,(H2,16,18). The SMILES string of the molecule is Cc1cc(S(=O)(=O)N2CCC(c3nnc(N)o3)CC2)ccc1Br. The van der Waals surface area contributed by atoms with Gasteiger partial charge >= 0.3 is 6.01 Å². The second-order valence-electron chi connectivity index (χ2n) is 5.57. The second kappa shape index (κ2) is 6.21. The predicted molar refractivity (Wildman–Crippen MR) is 88.3 cm³/mol. The van der Waals surface area contributed by atoms with Crippen molar-refractivity contribution in [2.75, 3.05) is 18.8 Å². The van der Waals surface area contributed by atoms with Gasteiger partial charge in [0.25, 0.3) is 0 Å². The molecular formula is C14H17BrN4O3S. The van der Waals surface area contributed by atoms with Crippen molar-refractivity contribution in [2.45, 2.75) is 30.6 Å². The summed E-state index contributed by atoms with van der Waals surface area (Å²) >= 11 is 3.39. The van der Waals surface area contributed by atoms with Crippen molar-refractivity contribution >= 4 is 32.0 Å². The molecule has 1 aliphatic heterocycles. The highest BCUT2D eigenvalue weighted by Gasteiger charge is 2.32. The van der Waals surface area contributed by atoms with E-state index in [1.807, 2.05) is 6.92 Å². The van der Waals surface area contributed by atoms with Crippen LogP contribution in [0.2, 0.25) is 0 Å². The zero-order valence-corrected chi connectivity index (χ0v) is 15.0. The molecule has 0 amide bonds. The van der Waals surface area contributed by atoms with E-state index in [1.54, 1.807) is 18.2 Å². The Kier molecular flexibility index (Phi) is 4.43. The number of piperidine rings is 1. The minimum atomic E-state index is -3.48. The topological polar surface area (TPSA) is 102 Å². The van der Waals surface area contributed by atoms with E-state index in [1.165, 1.54) is 4.31 Å².